The summed E-state index contributed by atoms with van der Waals surface area (Å²) < 4.78 is 37.2. The van der Waals surface area contributed by atoms with Gasteiger partial charge in [0.15, 0.2) is 8.32 Å². The second-order valence-electron chi connectivity index (χ2n) is 11.2. The Labute approximate surface area is 199 Å². The van der Waals surface area contributed by atoms with Gasteiger partial charge in [-0.1, -0.05) is 52.7 Å². The van der Waals surface area contributed by atoms with E-state index in [1.165, 1.54) is 50.1 Å². The zero-order valence-electron chi connectivity index (χ0n) is 22.1. The van der Waals surface area contributed by atoms with Gasteiger partial charge in [-0.3, -0.25) is 0 Å². The maximum Gasteiger partial charge on any atom is 0.215 e. The summed E-state index contributed by atoms with van der Waals surface area (Å²) in [6.45, 7) is 16.8. The van der Waals surface area contributed by atoms with Crippen LogP contribution in [-0.2, 0) is 19.0 Å². The van der Waals surface area contributed by atoms with Crippen molar-refractivity contribution in [1.82, 2.24) is 0 Å². The summed E-state index contributed by atoms with van der Waals surface area (Å²) in [5, 5.41) is 0.103. The zero-order valence-corrected chi connectivity index (χ0v) is 23.9. The molecule has 0 aromatic carbocycles. The lowest BCUT2D eigenvalue weighted by Gasteiger charge is -2.48. The molecule has 2 rings (SSSR count). The molecule has 0 heterocycles. The first-order valence-electron chi connectivity index (χ1n) is 12.7. The van der Waals surface area contributed by atoms with Gasteiger partial charge in [-0.15, -0.1) is 0 Å². The van der Waals surface area contributed by atoms with Gasteiger partial charge in [-0.05, 0) is 87.9 Å². The minimum atomic E-state index is -3.48. The van der Waals surface area contributed by atoms with Crippen LogP contribution in [-0.4, -0.2) is 34.7 Å². The SMILES string of the molecule is CC[Si](CC)(CC)O[C@H]1CCC[C@]2(C)C([C@H](C)C/C=C(\OC)S(=O)(=O)C(C)(C)C)=CC[C@@H]12. The molecule has 186 valence electrons. The fourth-order valence-corrected chi connectivity index (χ4v) is 10.0. The van der Waals surface area contributed by atoms with Gasteiger partial charge in [-0.2, -0.15) is 0 Å². The zero-order chi connectivity index (χ0) is 24.4. The van der Waals surface area contributed by atoms with E-state index in [2.05, 4.69) is 40.7 Å². The Morgan fingerprint density at radius 1 is 1.25 bits per heavy atom. The lowest BCUT2D eigenvalue weighted by atomic mass is 9.63. The number of ether oxygens (including phenoxy) is 1. The van der Waals surface area contributed by atoms with Gasteiger partial charge in [0.25, 0.3) is 0 Å². The highest BCUT2D eigenvalue weighted by Gasteiger charge is 2.50. The average Bonchev–Trinajstić information content (AvgIpc) is 3.09. The van der Waals surface area contributed by atoms with E-state index in [-0.39, 0.29) is 16.4 Å². The molecule has 0 N–H and O–H groups in total. The van der Waals surface area contributed by atoms with Gasteiger partial charge in [-0.25, -0.2) is 8.42 Å². The van der Waals surface area contributed by atoms with E-state index in [0.717, 1.165) is 6.42 Å². The molecular formula is C26H48O4SSi. The Morgan fingerprint density at radius 2 is 1.84 bits per heavy atom. The van der Waals surface area contributed by atoms with Gasteiger partial charge in [0, 0.05) is 6.10 Å². The summed E-state index contributed by atoms with van der Waals surface area (Å²) in [5.74, 6) is 0.837. The molecule has 4 nitrogen and oxygen atoms in total. The quantitative estimate of drug-likeness (QED) is 0.186. The van der Waals surface area contributed by atoms with Crippen LogP contribution in [0.3, 0.4) is 0 Å². The fourth-order valence-electron chi connectivity index (χ4n) is 5.96. The molecule has 0 unspecified atom stereocenters. The van der Waals surface area contributed by atoms with Crippen molar-refractivity contribution in [3.05, 3.63) is 22.8 Å². The van der Waals surface area contributed by atoms with Gasteiger partial charge in [0.05, 0.1) is 11.9 Å². The minimum absolute atomic E-state index is 0.103. The third kappa shape index (κ3) is 5.22. The third-order valence-electron chi connectivity index (χ3n) is 8.48. The number of hydrogen-bond acceptors (Lipinski definition) is 4. The number of methoxy groups -OCH3 is 1. The van der Waals surface area contributed by atoms with Crippen LogP contribution in [0.5, 0.6) is 0 Å². The Morgan fingerprint density at radius 3 is 2.34 bits per heavy atom. The molecule has 4 atom stereocenters. The van der Waals surface area contributed by atoms with Crippen LogP contribution in [0.4, 0.5) is 0 Å². The second kappa shape index (κ2) is 10.3. The molecule has 0 aromatic heterocycles. The molecular weight excluding hydrogens is 436 g/mol. The Kier molecular flexibility index (Phi) is 8.94. The van der Waals surface area contributed by atoms with Crippen LogP contribution in [0.15, 0.2) is 22.8 Å². The van der Waals surface area contributed by atoms with E-state index in [4.69, 9.17) is 9.16 Å². The van der Waals surface area contributed by atoms with Crippen molar-refractivity contribution in [3.8, 4) is 0 Å². The molecule has 2 aliphatic carbocycles. The van der Waals surface area contributed by atoms with Crippen molar-refractivity contribution in [1.29, 1.82) is 0 Å². The first kappa shape index (κ1) is 27.6. The Hall–Kier alpha value is -0.593. The standard InChI is InChI=1S/C26H48O4SSi/c1-10-32(11-2,12-3)30-23-14-13-19-26(8)21(16-17-22(23)26)20(4)15-18-24(29-9)31(27,28)25(5,6)7/h16,18,20,22-23H,10-15,17,19H2,1-9H3/b24-18+/t20-,22+,23+,26-/m1/s1. The number of rotatable bonds is 10. The highest BCUT2D eigenvalue weighted by Crippen LogP contribution is 2.56. The van der Waals surface area contributed by atoms with Crippen LogP contribution in [0.25, 0.3) is 0 Å². The van der Waals surface area contributed by atoms with E-state index in [1.54, 1.807) is 26.8 Å². The van der Waals surface area contributed by atoms with Gasteiger partial charge >= 0.3 is 0 Å². The van der Waals surface area contributed by atoms with E-state index >= 15 is 0 Å². The predicted molar refractivity (Wildman–Crippen MR) is 138 cm³/mol. The molecule has 0 spiro atoms. The van der Waals surface area contributed by atoms with Crippen molar-refractivity contribution in [2.45, 2.75) is 116 Å². The monoisotopic (exact) mass is 484 g/mol. The smallest absolute Gasteiger partial charge is 0.215 e. The van der Waals surface area contributed by atoms with Gasteiger partial charge < -0.3 is 9.16 Å². The summed E-state index contributed by atoms with van der Waals surface area (Å²) in [5.41, 5.74) is 1.65. The Balaban J connectivity index is 2.21. The first-order valence-corrected chi connectivity index (χ1v) is 16.7. The van der Waals surface area contributed by atoms with Crippen LogP contribution < -0.4 is 0 Å². The Bertz CT molecular complexity index is 796. The first-order chi connectivity index (χ1) is 14.8. The molecule has 0 saturated heterocycles. The molecule has 1 saturated carbocycles. The fraction of sp³-hybridized carbons (Fsp3) is 0.846. The molecule has 32 heavy (non-hydrogen) atoms. The maximum absolute atomic E-state index is 12.8. The summed E-state index contributed by atoms with van der Waals surface area (Å²) in [7, 11) is -3.66. The van der Waals surface area contributed by atoms with E-state index in [9.17, 15) is 8.42 Å². The largest absolute Gasteiger partial charge is 0.487 e. The summed E-state index contributed by atoms with van der Waals surface area (Å²) in [6.07, 6.45) is 9.97. The number of sulfone groups is 1. The molecule has 1 fully saturated rings. The second-order valence-corrected chi connectivity index (χ2v) is 18.5. The molecule has 0 bridgehead atoms. The summed E-state index contributed by atoms with van der Waals surface area (Å²) in [4.78, 5) is 0. The van der Waals surface area contributed by atoms with Crippen molar-refractivity contribution in [3.63, 3.8) is 0 Å². The third-order valence-corrected chi connectivity index (χ3v) is 15.6. The predicted octanol–water partition coefficient (Wildman–Crippen LogP) is 7.24. The topological polar surface area (TPSA) is 52.6 Å². The molecule has 0 aliphatic heterocycles. The molecule has 0 amide bonds. The van der Waals surface area contributed by atoms with Crippen molar-refractivity contribution in [2.75, 3.05) is 7.11 Å². The highest BCUT2D eigenvalue weighted by molar-refractivity contribution is 7.96. The normalized spacial score (nSPS) is 28.3. The van der Waals surface area contributed by atoms with E-state index in [1.807, 2.05) is 0 Å². The van der Waals surface area contributed by atoms with Crippen LogP contribution in [0.2, 0.25) is 18.1 Å². The average molecular weight is 485 g/mol. The van der Waals surface area contributed by atoms with Crippen LogP contribution in [0, 0.1) is 17.3 Å². The minimum Gasteiger partial charge on any atom is -0.487 e. The highest BCUT2D eigenvalue weighted by atomic mass is 32.2. The van der Waals surface area contributed by atoms with Gasteiger partial charge in [0.1, 0.15) is 0 Å². The molecule has 0 aromatic rings. The number of hydrogen-bond donors (Lipinski definition) is 0. The molecule has 6 heteroatoms. The van der Waals surface area contributed by atoms with Crippen molar-refractivity contribution >= 4 is 18.2 Å². The maximum atomic E-state index is 12.8. The van der Waals surface area contributed by atoms with Crippen LogP contribution >= 0.6 is 0 Å². The van der Waals surface area contributed by atoms with Crippen molar-refractivity contribution < 1.29 is 17.6 Å². The molecule has 0 radical (unpaired) electrons. The lowest BCUT2D eigenvalue weighted by molar-refractivity contribution is 0.0177. The van der Waals surface area contributed by atoms with E-state index < -0.39 is 22.9 Å². The lowest BCUT2D eigenvalue weighted by Crippen LogP contribution is -2.48. The molecule has 2 aliphatic rings. The van der Waals surface area contributed by atoms with Gasteiger partial charge in [0.2, 0.25) is 14.9 Å². The van der Waals surface area contributed by atoms with Crippen LogP contribution in [0.1, 0.15) is 87.5 Å². The van der Waals surface area contributed by atoms with Crippen molar-refractivity contribution in [2.24, 2.45) is 17.3 Å². The number of allylic oxidation sites excluding steroid dienone is 3. The van der Waals surface area contributed by atoms with E-state index in [0.29, 0.717) is 18.4 Å². The summed E-state index contributed by atoms with van der Waals surface area (Å²) >= 11 is 0. The number of fused-ring (bicyclic) bond motifs is 1. The summed E-state index contributed by atoms with van der Waals surface area (Å²) in [6, 6.07) is 3.59.